The maximum absolute atomic E-state index is 13.8. The van der Waals surface area contributed by atoms with Gasteiger partial charge in [0.1, 0.15) is 0 Å². The third-order valence-corrected chi connectivity index (χ3v) is 5.39. The molecule has 0 bridgehead atoms. The SMILES string of the molecule is Cn1nnc(N2CCC(Cl)=C(c3ccc(CC(=O)c4cccc(F)c4F)cc3)C2)n1. The summed E-state index contributed by atoms with van der Waals surface area (Å²) >= 11 is 6.47. The number of rotatable bonds is 5. The summed E-state index contributed by atoms with van der Waals surface area (Å²) in [7, 11) is 1.71. The van der Waals surface area contributed by atoms with Crippen molar-refractivity contribution < 1.29 is 13.6 Å². The van der Waals surface area contributed by atoms with Crippen molar-refractivity contribution in [3.8, 4) is 0 Å². The summed E-state index contributed by atoms with van der Waals surface area (Å²) in [4.78, 5) is 15.8. The zero-order valence-corrected chi connectivity index (χ0v) is 16.9. The van der Waals surface area contributed by atoms with Crippen molar-refractivity contribution in [2.45, 2.75) is 12.8 Å². The number of halogens is 3. The molecule has 6 nitrogen and oxygen atoms in total. The molecule has 1 aromatic heterocycles. The van der Waals surface area contributed by atoms with Gasteiger partial charge in [-0.25, -0.2) is 8.78 Å². The second kappa shape index (κ2) is 8.31. The summed E-state index contributed by atoms with van der Waals surface area (Å²) in [6.45, 7) is 1.23. The number of ketones is 1. The van der Waals surface area contributed by atoms with Gasteiger partial charge in [-0.05, 0) is 34.0 Å². The van der Waals surface area contributed by atoms with Crippen LogP contribution in [0, 0.1) is 11.6 Å². The Morgan fingerprint density at radius 2 is 1.93 bits per heavy atom. The van der Waals surface area contributed by atoms with Gasteiger partial charge in [0.2, 0.25) is 0 Å². The second-order valence-electron chi connectivity index (χ2n) is 7.03. The van der Waals surface area contributed by atoms with Crippen LogP contribution in [0.25, 0.3) is 5.57 Å². The Hall–Kier alpha value is -3.13. The van der Waals surface area contributed by atoms with Gasteiger partial charge in [-0.3, -0.25) is 4.79 Å². The standard InChI is InChI=1S/C21H18ClF2N5O/c1-28-26-21(25-27-28)29-10-9-17(22)16(12-29)14-7-5-13(6-8-14)11-19(30)15-3-2-4-18(23)20(15)24/h2-8H,9-12H2,1H3. The fourth-order valence-electron chi connectivity index (χ4n) is 3.38. The maximum Gasteiger partial charge on any atom is 0.266 e. The monoisotopic (exact) mass is 429 g/mol. The van der Waals surface area contributed by atoms with Crippen LogP contribution in [0.2, 0.25) is 0 Å². The van der Waals surface area contributed by atoms with E-state index in [1.165, 1.54) is 16.9 Å². The molecule has 9 heteroatoms. The number of aromatic nitrogens is 4. The number of hydrogen-bond acceptors (Lipinski definition) is 5. The van der Waals surface area contributed by atoms with E-state index in [0.717, 1.165) is 22.2 Å². The predicted molar refractivity (Wildman–Crippen MR) is 109 cm³/mol. The number of Topliss-reactive ketones (excluding diaryl/α,β-unsaturated/α-hetero) is 1. The van der Waals surface area contributed by atoms with Crippen LogP contribution in [0.3, 0.4) is 0 Å². The Balaban J connectivity index is 1.50. The number of carbonyl (C=O) groups excluding carboxylic acids is 1. The molecule has 30 heavy (non-hydrogen) atoms. The number of tetrazole rings is 1. The third kappa shape index (κ3) is 4.09. The predicted octanol–water partition coefficient (Wildman–Crippen LogP) is 3.77. The molecular weight excluding hydrogens is 412 g/mol. The van der Waals surface area contributed by atoms with Crippen molar-refractivity contribution in [1.29, 1.82) is 0 Å². The molecule has 0 saturated carbocycles. The first kappa shape index (κ1) is 20.2. The first-order valence-electron chi connectivity index (χ1n) is 9.35. The van der Waals surface area contributed by atoms with Crippen LogP contribution in [0.5, 0.6) is 0 Å². The van der Waals surface area contributed by atoms with Crippen LogP contribution in [-0.4, -0.2) is 39.1 Å². The number of hydrogen-bond donors (Lipinski definition) is 0. The van der Waals surface area contributed by atoms with Gasteiger partial charge in [0.25, 0.3) is 5.95 Å². The summed E-state index contributed by atoms with van der Waals surface area (Å²) in [5.74, 6) is -2.08. The van der Waals surface area contributed by atoms with Gasteiger partial charge < -0.3 is 4.90 Å². The fraction of sp³-hybridized carbons (Fsp3) is 0.238. The van der Waals surface area contributed by atoms with E-state index in [0.29, 0.717) is 31.0 Å². The number of anilines is 1. The molecule has 1 aliphatic rings. The minimum Gasteiger partial charge on any atom is -0.333 e. The molecule has 1 aliphatic heterocycles. The maximum atomic E-state index is 13.8. The highest BCUT2D eigenvalue weighted by molar-refractivity contribution is 6.33. The minimum atomic E-state index is -1.11. The van der Waals surface area contributed by atoms with E-state index < -0.39 is 17.4 Å². The lowest BCUT2D eigenvalue weighted by Crippen LogP contribution is -2.31. The quantitative estimate of drug-likeness (QED) is 0.578. The molecule has 2 aromatic carbocycles. The van der Waals surface area contributed by atoms with Crippen molar-refractivity contribution in [1.82, 2.24) is 20.2 Å². The second-order valence-corrected chi connectivity index (χ2v) is 7.49. The Bertz CT molecular complexity index is 1130. The average Bonchev–Trinajstić information content (AvgIpc) is 3.17. The normalized spacial score (nSPS) is 14.3. The van der Waals surface area contributed by atoms with E-state index in [9.17, 15) is 13.6 Å². The summed E-state index contributed by atoms with van der Waals surface area (Å²) in [6.07, 6.45) is 0.636. The molecule has 0 aliphatic carbocycles. The lowest BCUT2D eigenvalue weighted by atomic mass is 9.97. The zero-order chi connectivity index (χ0) is 21.3. The van der Waals surface area contributed by atoms with E-state index in [-0.39, 0.29) is 12.0 Å². The first-order valence-corrected chi connectivity index (χ1v) is 9.73. The van der Waals surface area contributed by atoms with Crippen molar-refractivity contribution in [3.63, 3.8) is 0 Å². The van der Waals surface area contributed by atoms with Crippen LogP contribution >= 0.6 is 11.6 Å². The molecule has 0 radical (unpaired) electrons. The molecule has 0 amide bonds. The topological polar surface area (TPSA) is 63.9 Å². The highest BCUT2D eigenvalue weighted by atomic mass is 35.5. The molecule has 3 aromatic rings. The summed E-state index contributed by atoms with van der Waals surface area (Å²) in [5, 5.41) is 12.9. The molecule has 0 N–H and O–H groups in total. The highest BCUT2D eigenvalue weighted by Gasteiger charge is 2.22. The van der Waals surface area contributed by atoms with Crippen LogP contribution in [0.4, 0.5) is 14.7 Å². The number of nitrogens with zero attached hydrogens (tertiary/aromatic N) is 5. The molecule has 0 spiro atoms. The molecular formula is C21H18ClF2N5O. The van der Waals surface area contributed by atoms with Gasteiger partial charge in [0.05, 0.1) is 12.6 Å². The zero-order valence-electron chi connectivity index (χ0n) is 16.1. The molecule has 4 rings (SSSR count). The smallest absolute Gasteiger partial charge is 0.266 e. The summed E-state index contributed by atoms with van der Waals surface area (Å²) < 4.78 is 27.2. The lowest BCUT2D eigenvalue weighted by Gasteiger charge is -2.28. The Morgan fingerprint density at radius 3 is 2.63 bits per heavy atom. The average molecular weight is 430 g/mol. The van der Waals surface area contributed by atoms with E-state index in [1.807, 2.05) is 17.0 Å². The van der Waals surface area contributed by atoms with E-state index in [4.69, 9.17) is 11.6 Å². The largest absolute Gasteiger partial charge is 0.333 e. The lowest BCUT2D eigenvalue weighted by molar-refractivity contribution is 0.0988. The molecule has 0 unspecified atom stereocenters. The number of benzene rings is 2. The van der Waals surface area contributed by atoms with Crippen LogP contribution in [0.1, 0.15) is 27.9 Å². The van der Waals surface area contributed by atoms with Crippen molar-refractivity contribution in [2.75, 3.05) is 18.0 Å². The Kier molecular flexibility index (Phi) is 5.59. The van der Waals surface area contributed by atoms with Crippen LogP contribution in [0.15, 0.2) is 47.5 Å². The first-order chi connectivity index (χ1) is 14.4. The van der Waals surface area contributed by atoms with Gasteiger partial charge >= 0.3 is 0 Å². The van der Waals surface area contributed by atoms with Gasteiger partial charge in [0.15, 0.2) is 17.4 Å². The van der Waals surface area contributed by atoms with Crippen molar-refractivity contribution in [3.05, 3.63) is 75.8 Å². The summed E-state index contributed by atoms with van der Waals surface area (Å²) in [5.41, 5.74) is 2.32. The minimum absolute atomic E-state index is 0.0247. The Morgan fingerprint density at radius 1 is 1.17 bits per heavy atom. The molecule has 0 atom stereocenters. The van der Waals surface area contributed by atoms with Gasteiger partial charge in [-0.1, -0.05) is 47.0 Å². The number of carbonyl (C=O) groups is 1. The van der Waals surface area contributed by atoms with Crippen molar-refractivity contribution >= 4 is 28.9 Å². The van der Waals surface area contributed by atoms with Crippen molar-refractivity contribution in [2.24, 2.45) is 7.05 Å². The van der Waals surface area contributed by atoms with Gasteiger partial charge in [-0.15, -0.1) is 5.10 Å². The van der Waals surface area contributed by atoms with E-state index in [2.05, 4.69) is 15.4 Å². The van der Waals surface area contributed by atoms with Gasteiger partial charge in [-0.2, -0.15) is 4.80 Å². The highest BCUT2D eigenvalue weighted by Crippen LogP contribution is 2.30. The molecule has 0 fully saturated rings. The number of aryl methyl sites for hydroxylation is 1. The molecule has 154 valence electrons. The Labute approximate surface area is 176 Å². The van der Waals surface area contributed by atoms with Crippen LogP contribution < -0.4 is 4.90 Å². The fourth-order valence-corrected chi connectivity index (χ4v) is 3.64. The molecule has 2 heterocycles. The third-order valence-electron chi connectivity index (χ3n) is 4.98. The van der Waals surface area contributed by atoms with E-state index >= 15 is 0 Å². The molecule has 0 saturated heterocycles. The summed E-state index contributed by atoms with van der Waals surface area (Å²) in [6, 6.07) is 10.9. The van der Waals surface area contributed by atoms with Gasteiger partial charge in [0, 0.05) is 31.0 Å². The van der Waals surface area contributed by atoms with Crippen LogP contribution in [-0.2, 0) is 13.5 Å². The van der Waals surface area contributed by atoms with E-state index in [1.54, 1.807) is 19.2 Å².